The average molecular weight is 623 g/mol. The van der Waals surface area contributed by atoms with Gasteiger partial charge >= 0.3 is 0 Å². The minimum Gasteiger partial charge on any atom is -0.493 e. The van der Waals surface area contributed by atoms with Crippen molar-refractivity contribution >= 4 is 28.8 Å². The second-order valence-corrected chi connectivity index (χ2v) is 12.3. The summed E-state index contributed by atoms with van der Waals surface area (Å²) in [7, 11) is 4.68. The summed E-state index contributed by atoms with van der Waals surface area (Å²) in [5.74, 6) is 1.12. The van der Waals surface area contributed by atoms with Crippen molar-refractivity contribution in [1.82, 2.24) is 14.8 Å². The highest BCUT2D eigenvalue weighted by molar-refractivity contribution is 6.03. The second kappa shape index (κ2) is 12.6. The van der Waals surface area contributed by atoms with E-state index in [1.807, 2.05) is 59.5 Å². The molecule has 0 fully saturated rings. The smallest absolute Gasteiger partial charge is 0.243 e. The maximum Gasteiger partial charge on any atom is 0.243 e. The Morgan fingerprint density at radius 3 is 2.43 bits per heavy atom. The molecule has 3 aromatic carbocycles. The van der Waals surface area contributed by atoms with E-state index in [-0.39, 0.29) is 23.7 Å². The van der Waals surface area contributed by atoms with E-state index in [9.17, 15) is 9.59 Å². The standard InChI is InChI=1S/C35H38N6O5/c1-35(2)16-26-31(28(42)17-35)32(24-14-15-29(44-3)34(46-5)33(24)45-4)41(27-9-7-6-8-25(27)39-26)19-30(43)38-23-12-10-22(11-13-23)18-40-21-36-20-37-40/h6-15,20-21,32,39H,16-19H2,1-5H3,(H,38,43). The first-order chi connectivity index (χ1) is 22.2. The molecule has 11 heteroatoms. The molecule has 2 heterocycles. The molecule has 4 aromatic rings. The zero-order valence-corrected chi connectivity index (χ0v) is 26.7. The average Bonchev–Trinajstić information content (AvgIpc) is 3.50. The number of fused-ring (bicyclic) bond motifs is 1. The molecule has 1 aromatic heterocycles. The SMILES string of the molecule is COc1ccc(C2C3=C(CC(C)(C)CC3=O)Nc3ccccc3N2CC(=O)Nc2ccc(Cn3cncn3)cc2)c(OC)c1OC. The van der Waals surface area contributed by atoms with E-state index in [1.165, 1.54) is 6.33 Å². The minimum absolute atomic E-state index is 0.0155. The van der Waals surface area contributed by atoms with Crippen LogP contribution in [0, 0.1) is 5.41 Å². The number of benzene rings is 3. The predicted molar refractivity (Wildman–Crippen MR) is 175 cm³/mol. The summed E-state index contributed by atoms with van der Waals surface area (Å²) >= 11 is 0. The number of nitrogens with zero attached hydrogens (tertiary/aromatic N) is 4. The van der Waals surface area contributed by atoms with Crippen molar-refractivity contribution in [1.29, 1.82) is 0 Å². The minimum atomic E-state index is -0.666. The fourth-order valence-electron chi connectivity index (χ4n) is 6.44. The van der Waals surface area contributed by atoms with Crippen LogP contribution in [0.15, 0.2) is 84.6 Å². The summed E-state index contributed by atoms with van der Waals surface area (Å²) in [6.07, 6.45) is 4.19. The van der Waals surface area contributed by atoms with Crippen LogP contribution in [0.2, 0.25) is 0 Å². The van der Waals surface area contributed by atoms with Crippen LogP contribution in [0.4, 0.5) is 17.1 Å². The maximum absolute atomic E-state index is 14.1. The number of Topliss-reactive ketones (excluding diaryl/α,β-unsaturated/α-hetero) is 1. The van der Waals surface area contributed by atoms with Gasteiger partial charge in [-0.1, -0.05) is 38.1 Å². The third-order valence-electron chi connectivity index (χ3n) is 8.40. The van der Waals surface area contributed by atoms with Crippen molar-refractivity contribution in [2.75, 3.05) is 43.4 Å². The highest BCUT2D eigenvalue weighted by atomic mass is 16.5. The maximum atomic E-state index is 14.1. The van der Waals surface area contributed by atoms with Gasteiger partial charge in [-0.2, -0.15) is 5.10 Å². The number of hydrogen-bond donors (Lipinski definition) is 2. The number of carbonyl (C=O) groups excluding carboxylic acids is 2. The molecule has 0 spiro atoms. The van der Waals surface area contributed by atoms with E-state index >= 15 is 0 Å². The van der Waals surface area contributed by atoms with Gasteiger partial charge in [0, 0.05) is 28.9 Å². The summed E-state index contributed by atoms with van der Waals surface area (Å²) in [6.45, 7) is 4.72. The third-order valence-corrected chi connectivity index (χ3v) is 8.40. The van der Waals surface area contributed by atoms with E-state index in [0.29, 0.717) is 53.5 Å². The molecule has 0 radical (unpaired) electrons. The van der Waals surface area contributed by atoms with E-state index < -0.39 is 6.04 Å². The van der Waals surface area contributed by atoms with Gasteiger partial charge in [-0.15, -0.1) is 0 Å². The van der Waals surface area contributed by atoms with Gasteiger partial charge in [0.1, 0.15) is 12.7 Å². The van der Waals surface area contributed by atoms with Crippen LogP contribution < -0.4 is 29.7 Å². The lowest BCUT2D eigenvalue weighted by atomic mass is 9.73. The Bertz CT molecular complexity index is 1780. The van der Waals surface area contributed by atoms with Gasteiger partial charge in [0.05, 0.1) is 51.8 Å². The Morgan fingerprint density at radius 2 is 1.74 bits per heavy atom. The molecule has 0 saturated carbocycles. The van der Waals surface area contributed by atoms with Gasteiger partial charge in [0.25, 0.3) is 0 Å². The number of rotatable bonds is 9. The lowest BCUT2D eigenvalue weighted by Gasteiger charge is -2.38. The topological polar surface area (TPSA) is 120 Å². The van der Waals surface area contributed by atoms with Crippen molar-refractivity contribution in [3.63, 3.8) is 0 Å². The largest absolute Gasteiger partial charge is 0.493 e. The molecule has 6 rings (SSSR count). The van der Waals surface area contributed by atoms with Crippen LogP contribution in [0.25, 0.3) is 0 Å². The van der Waals surface area contributed by atoms with Crippen molar-refractivity contribution in [2.24, 2.45) is 5.41 Å². The van der Waals surface area contributed by atoms with Gasteiger partial charge in [-0.25, -0.2) is 9.67 Å². The van der Waals surface area contributed by atoms with E-state index in [0.717, 1.165) is 22.6 Å². The lowest BCUT2D eigenvalue weighted by Crippen LogP contribution is -2.40. The summed E-state index contributed by atoms with van der Waals surface area (Å²) < 4.78 is 19.0. The number of aromatic nitrogens is 3. The number of ether oxygens (including phenoxy) is 3. The zero-order chi connectivity index (χ0) is 32.4. The third kappa shape index (κ3) is 6.00. The Morgan fingerprint density at radius 1 is 0.978 bits per heavy atom. The summed E-state index contributed by atoms with van der Waals surface area (Å²) in [4.78, 5) is 34.0. The molecule has 1 atom stereocenters. The molecule has 2 aliphatic rings. The number of amides is 1. The number of para-hydroxylation sites is 2. The van der Waals surface area contributed by atoms with Gasteiger partial charge in [0.15, 0.2) is 17.3 Å². The van der Waals surface area contributed by atoms with Gasteiger partial charge < -0.3 is 29.7 Å². The number of hydrogen-bond acceptors (Lipinski definition) is 9. The van der Waals surface area contributed by atoms with E-state index in [2.05, 4.69) is 34.6 Å². The number of ketones is 1. The van der Waals surface area contributed by atoms with Crippen LogP contribution in [-0.4, -0.2) is 54.3 Å². The lowest BCUT2D eigenvalue weighted by molar-refractivity contribution is -0.119. The number of nitrogens with one attached hydrogen (secondary N) is 2. The summed E-state index contributed by atoms with van der Waals surface area (Å²) in [6, 6.07) is 18.4. The highest BCUT2D eigenvalue weighted by Crippen LogP contribution is 2.52. The van der Waals surface area contributed by atoms with Crippen molar-refractivity contribution in [2.45, 2.75) is 39.3 Å². The molecule has 238 valence electrons. The Kier molecular flexibility index (Phi) is 8.40. The molecule has 1 unspecified atom stereocenters. The highest BCUT2D eigenvalue weighted by Gasteiger charge is 2.43. The van der Waals surface area contributed by atoms with Gasteiger partial charge in [-0.05, 0) is 53.8 Å². The van der Waals surface area contributed by atoms with Crippen LogP contribution in [0.5, 0.6) is 17.2 Å². The van der Waals surface area contributed by atoms with Gasteiger partial charge in [0.2, 0.25) is 11.7 Å². The Balaban J connectivity index is 1.42. The first-order valence-electron chi connectivity index (χ1n) is 15.1. The molecule has 0 bridgehead atoms. The van der Waals surface area contributed by atoms with Crippen LogP contribution in [-0.2, 0) is 16.1 Å². The molecule has 1 aliphatic heterocycles. The second-order valence-electron chi connectivity index (χ2n) is 12.3. The monoisotopic (exact) mass is 622 g/mol. The molecule has 0 saturated heterocycles. The Labute approximate surface area is 268 Å². The molecular weight excluding hydrogens is 584 g/mol. The molecule has 46 heavy (non-hydrogen) atoms. The fourth-order valence-corrected chi connectivity index (χ4v) is 6.44. The number of anilines is 3. The molecule has 11 nitrogen and oxygen atoms in total. The fraction of sp³-hybridized carbons (Fsp3) is 0.314. The van der Waals surface area contributed by atoms with Crippen LogP contribution >= 0.6 is 0 Å². The molecule has 2 N–H and O–H groups in total. The zero-order valence-electron chi connectivity index (χ0n) is 26.7. The number of allylic oxidation sites excluding steroid dienone is 1. The summed E-state index contributed by atoms with van der Waals surface area (Å²) in [5.41, 5.74) is 5.16. The van der Waals surface area contributed by atoms with Crippen LogP contribution in [0.3, 0.4) is 0 Å². The number of carbonyl (C=O) groups is 2. The van der Waals surface area contributed by atoms with E-state index in [1.54, 1.807) is 38.4 Å². The normalized spacial score (nSPS) is 16.9. The number of methoxy groups -OCH3 is 3. The molecule has 1 aliphatic carbocycles. The first-order valence-corrected chi connectivity index (χ1v) is 15.1. The van der Waals surface area contributed by atoms with Crippen molar-refractivity contribution in [3.8, 4) is 17.2 Å². The molecule has 1 amide bonds. The van der Waals surface area contributed by atoms with Crippen LogP contribution in [0.1, 0.15) is 43.9 Å². The summed E-state index contributed by atoms with van der Waals surface area (Å²) in [5, 5.41) is 10.8. The predicted octanol–water partition coefficient (Wildman–Crippen LogP) is 5.61. The Hall–Kier alpha value is -5.32. The first kappa shape index (κ1) is 30.7. The molecular formula is C35H38N6O5. The van der Waals surface area contributed by atoms with Crippen molar-refractivity contribution < 1.29 is 23.8 Å². The van der Waals surface area contributed by atoms with Crippen molar-refractivity contribution in [3.05, 3.63) is 95.7 Å². The van der Waals surface area contributed by atoms with Gasteiger partial charge in [-0.3, -0.25) is 9.59 Å². The van der Waals surface area contributed by atoms with E-state index in [4.69, 9.17) is 14.2 Å². The quantitative estimate of drug-likeness (QED) is 0.246.